The number of nitrogens with zero attached hydrogens (tertiary/aromatic N) is 2. The van der Waals surface area contributed by atoms with E-state index in [1.165, 1.54) is 37.9 Å². The summed E-state index contributed by atoms with van der Waals surface area (Å²) < 4.78 is 5.70. The molecule has 0 atom stereocenters. The lowest BCUT2D eigenvalue weighted by Gasteiger charge is -2.26. The van der Waals surface area contributed by atoms with Crippen molar-refractivity contribution in [2.24, 2.45) is 0 Å². The summed E-state index contributed by atoms with van der Waals surface area (Å²) in [6.45, 7) is 4.34. The fraction of sp³-hybridized carbons (Fsp3) is 0.619. The van der Waals surface area contributed by atoms with E-state index in [9.17, 15) is 4.79 Å². The van der Waals surface area contributed by atoms with Crippen LogP contribution < -0.4 is 10.1 Å². The van der Waals surface area contributed by atoms with Crippen LogP contribution in [0, 0.1) is 0 Å². The molecule has 0 unspecified atom stereocenters. The molecule has 1 aromatic heterocycles. The second-order valence-electron chi connectivity index (χ2n) is 6.93. The maximum atomic E-state index is 11.7. The van der Waals surface area contributed by atoms with Gasteiger partial charge in [-0.25, -0.2) is 4.98 Å². The minimum atomic E-state index is 0.113. The third-order valence-corrected chi connectivity index (χ3v) is 5.16. The van der Waals surface area contributed by atoms with Crippen molar-refractivity contribution in [1.29, 1.82) is 0 Å². The van der Waals surface area contributed by atoms with Gasteiger partial charge in [0, 0.05) is 37.1 Å². The van der Waals surface area contributed by atoms with E-state index in [1.807, 2.05) is 24.4 Å². The zero-order valence-corrected chi connectivity index (χ0v) is 17.8. The highest BCUT2D eigenvalue weighted by atomic mass is 79.9. The van der Waals surface area contributed by atoms with Gasteiger partial charge >= 0.3 is 0 Å². The Morgan fingerprint density at radius 1 is 1.22 bits per heavy atom. The first-order valence-corrected chi connectivity index (χ1v) is 11.2. The van der Waals surface area contributed by atoms with Gasteiger partial charge in [0.1, 0.15) is 6.61 Å². The van der Waals surface area contributed by atoms with E-state index in [0.29, 0.717) is 25.5 Å². The zero-order valence-electron chi connectivity index (χ0n) is 16.2. The number of hydrogen-bond acceptors (Lipinski definition) is 4. The van der Waals surface area contributed by atoms with Crippen LogP contribution in [0.25, 0.3) is 0 Å². The van der Waals surface area contributed by atoms with Gasteiger partial charge in [-0.3, -0.25) is 9.69 Å². The van der Waals surface area contributed by atoms with Gasteiger partial charge in [-0.2, -0.15) is 0 Å². The van der Waals surface area contributed by atoms with Crippen molar-refractivity contribution in [2.45, 2.75) is 51.5 Å². The van der Waals surface area contributed by atoms with E-state index in [1.54, 1.807) is 0 Å². The molecule has 0 radical (unpaired) electrons. The van der Waals surface area contributed by atoms with Crippen LogP contribution in [0.2, 0.25) is 0 Å². The third kappa shape index (κ3) is 9.91. The van der Waals surface area contributed by atoms with Crippen LogP contribution in [-0.4, -0.2) is 47.4 Å². The van der Waals surface area contributed by atoms with E-state index >= 15 is 0 Å². The second kappa shape index (κ2) is 13.7. The highest BCUT2D eigenvalue weighted by Gasteiger charge is 2.10. The Bertz CT molecular complexity index is 574. The minimum absolute atomic E-state index is 0.113. The van der Waals surface area contributed by atoms with Crippen molar-refractivity contribution in [3.05, 3.63) is 36.0 Å². The predicted octanol–water partition coefficient (Wildman–Crippen LogP) is 4.07. The highest BCUT2D eigenvalue weighted by Crippen LogP contribution is 2.15. The SMILES string of the molecule is O=C(CCCCCBr)NCC=CCOc1cc(CN2CCCCC2)ccn1. The molecule has 2 heterocycles. The number of likely N-dealkylation sites (tertiary alicyclic amines) is 1. The maximum absolute atomic E-state index is 11.7. The summed E-state index contributed by atoms with van der Waals surface area (Å²) >= 11 is 3.40. The van der Waals surface area contributed by atoms with E-state index in [4.69, 9.17) is 4.74 Å². The Kier molecular flexibility index (Phi) is 11.1. The smallest absolute Gasteiger partial charge is 0.220 e. The number of carbonyl (C=O) groups excluding carboxylic acids is 1. The molecule has 0 saturated carbocycles. The van der Waals surface area contributed by atoms with Gasteiger partial charge in [0.05, 0.1) is 0 Å². The van der Waals surface area contributed by atoms with Gasteiger partial charge in [0.2, 0.25) is 11.8 Å². The molecule has 1 amide bonds. The molecule has 2 rings (SSSR count). The van der Waals surface area contributed by atoms with Gasteiger partial charge in [-0.1, -0.05) is 34.8 Å². The molecule has 1 aliphatic heterocycles. The molecule has 1 N–H and O–H groups in total. The summed E-state index contributed by atoms with van der Waals surface area (Å²) in [6, 6.07) is 4.09. The van der Waals surface area contributed by atoms with Gasteiger partial charge in [-0.15, -0.1) is 0 Å². The first-order valence-electron chi connectivity index (χ1n) is 10.1. The quantitative estimate of drug-likeness (QED) is 0.304. The zero-order chi connectivity index (χ0) is 19.2. The number of halogens is 1. The molecule has 0 aromatic carbocycles. The van der Waals surface area contributed by atoms with Gasteiger partial charge in [-0.05, 0) is 56.5 Å². The Balaban J connectivity index is 1.60. The van der Waals surface area contributed by atoms with Crippen LogP contribution in [0.5, 0.6) is 5.88 Å². The van der Waals surface area contributed by atoms with Crippen LogP contribution in [0.3, 0.4) is 0 Å². The van der Waals surface area contributed by atoms with E-state index in [2.05, 4.69) is 37.2 Å². The Morgan fingerprint density at radius 3 is 2.89 bits per heavy atom. The number of piperidine rings is 1. The monoisotopic (exact) mass is 437 g/mol. The average Bonchev–Trinajstić information content (AvgIpc) is 2.69. The molecule has 0 aliphatic carbocycles. The number of rotatable bonds is 12. The van der Waals surface area contributed by atoms with Crippen molar-refractivity contribution in [3.63, 3.8) is 0 Å². The average molecular weight is 438 g/mol. The first kappa shape index (κ1) is 21.9. The van der Waals surface area contributed by atoms with Crippen molar-refractivity contribution < 1.29 is 9.53 Å². The number of ether oxygens (including phenoxy) is 1. The molecule has 5 nitrogen and oxygen atoms in total. The van der Waals surface area contributed by atoms with Gasteiger partial charge < -0.3 is 10.1 Å². The number of nitrogens with one attached hydrogen (secondary N) is 1. The lowest BCUT2D eigenvalue weighted by atomic mass is 10.1. The molecule has 150 valence electrons. The summed E-state index contributed by atoms with van der Waals surface area (Å²) in [5.41, 5.74) is 1.25. The minimum Gasteiger partial charge on any atom is -0.473 e. The third-order valence-electron chi connectivity index (χ3n) is 4.60. The summed E-state index contributed by atoms with van der Waals surface area (Å²) in [5.74, 6) is 0.771. The standard InChI is InChI=1S/C21H32BrN3O2/c22-11-4-1-3-9-20(26)23-12-5-8-16-27-21-17-19(10-13-24-21)18-25-14-6-2-7-15-25/h5,8,10,13,17H,1-4,6-7,9,11-12,14-16,18H2,(H,23,26). The number of carbonyl (C=O) groups is 1. The van der Waals surface area contributed by atoms with Crippen molar-refractivity contribution in [2.75, 3.05) is 31.6 Å². The lowest BCUT2D eigenvalue weighted by molar-refractivity contribution is -0.121. The van der Waals surface area contributed by atoms with Crippen LogP contribution >= 0.6 is 15.9 Å². The summed E-state index contributed by atoms with van der Waals surface area (Å²) in [4.78, 5) is 18.4. The van der Waals surface area contributed by atoms with Crippen LogP contribution in [0.1, 0.15) is 50.5 Å². The Hall–Kier alpha value is -1.40. The maximum Gasteiger partial charge on any atom is 0.220 e. The Morgan fingerprint density at radius 2 is 2.07 bits per heavy atom. The van der Waals surface area contributed by atoms with Crippen molar-refractivity contribution in [1.82, 2.24) is 15.2 Å². The predicted molar refractivity (Wildman–Crippen MR) is 113 cm³/mol. The van der Waals surface area contributed by atoms with Crippen LogP contribution in [-0.2, 0) is 11.3 Å². The molecule has 1 aliphatic rings. The fourth-order valence-electron chi connectivity index (χ4n) is 3.11. The summed E-state index contributed by atoms with van der Waals surface area (Å²) in [5, 5.41) is 3.91. The molecular formula is C21H32BrN3O2. The van der Waals surface area contributed by atoms with Crippen molar-refractivity contribution in [3.8, 4) is 5.88 Å². The molecule has 1 saturated heterocycles. The molecule has 1 fully saturated rings. The Labute approximate surface area is 171 Å². The molecule has 0 spiro atoms. The highest BCUT2D eigenvalue weighted by molar-refractivity contribution is 9.09. The van der Waals surface area contributed by atoms with Crippen molar-refractivity contribution >= 4 is 21.8 Å². The molecule has 27 heavy (non-hydrogen) atoms. The van der Waals surface area contributed by atoms with E-state index in [-0.39, 0.29) is 5.91 Å². The number of amides is 1. The van der Waals surface area contributed by atoms with Gasteiger partial charge in [0.15, 0.2) is 0 Å². The number of aromatic nitrogens is 1. The number of unbranched alkanes of at least 4 members (excludes halogenated alkanes) is 2. The summed E-state index contributed by atoms with van der Waals surface area (Å²) in [7, 11) is 0. The number of alkyl halides is 1. The second-order valence-corrected chi connectivity index (χ2v) is 7.72. The normalized spacial score (nSPS) is 15.1. The van der Waals surface area contributed by atoms with E-state index < -0.39 is 0 Å². The largest absolute Gasteiger partial charge is 0.473 e. The number of hydrogen-bond donors (Lipinski definition) is 1. The van der Waals surface area contributed by atoms with Gasteiger partial charge in [0.25, 0.3) is 0 Å². The number of pyridine rings is 1. The van der Waals surface area contributed by atoms with E-state index in [0.717, 1.165) is 31.1 Å². The topological polar surface area (TPSA) is 54.5 Å². The molecule has 1 aromatic rings. The molecule has 0 bridgehead atoms. The van der Waals surface area contributed by atoms with Crippen LogP contribution in [0.15, 0.2) is 30.5 Å². The summed E-state index contributed by atoms with van der Waals surface area (Å²) in [6.07, 6.45) is 13.4. The first-order chi connectivity index (χ1) is 13.3. The fourth-order valence-corrected chi connectivity index (χ4v) is 3.50. The molecular weight excluding hydrogens is 406 g/mol. The van der Waals surface area contributed by atoms with Crippen LogP contribution in [0.4, 0.5) is 0 Å². The lowest BCUT2D eigenvalue weighted by Crippen LogP contribution is -2.29. The molecule has 6 heteroatoms.